The number of nitrogens with one attached hydrogen (secondary N) is 1. The third kappa shape index (κ3) is 3.08. The van der Waals surface area contributed by atoms with Gasteiger partial charge in [0.15, 0.2) is 0 Å². The fourth-order valence-electron chi connectivity index (χ4n) is 2.77. The first-order valence-electron chi connectivity index (χ1n) is 8.08. The summed E-state index contributed by atoms with van der Waals surface area (Å²) in [7, 11) is 0. The molecule has 26 heavy (non-hydrogen) atoms. The number of fused-ring (bicyclic) bond motifs is 1. The molecule has 0 radical (unpaired) electrons. The molecular formula is C20H15IN4O. The molecular weight excluding hydrogens is 439 g/mol. The predicted molar refractivity (Wildman–Crippen MR) is 111 cm³/mol. The highest BCUT2D eigenvalue weighted by Gasteiger charge is 2.12. The molecule has 0 aliphatic carbocycles. The number of hydrogen-bond donors (Lipinski definition) is 1. The molecule has 0 saturated heterocycles. The number of imidazole rings is 1. The summed E-state index contributed by atoms with van der Waals surface area (Å²) in [4.78, 5) is 21.4. The fourth-order valence-corrected chi connectivity index (χ4v) is 3.37. The van der Waals surface area contributed by atoms with Gasteiger partial charge in [0, 0.05) is 3.57 Å². The number of aromatic nitrogens is 3. The Balaban J connectivity index is 1.58. The van der Waals surface area contributed by atoms with Crippen molar-refractivity contribution in [3.05, 3.63) is 81.8 Å². The van der Waals surface area contributed by atoms with Crippen LogP contribution in [0.1, 0.15) is 15.9 Å². The van der Waals surface area contributed by atoms with E-state index in [1.807, 2.05) is 66.1 Å². The number of halogens is 1. The quantitative estimate of drug-likeness (QED) is 0.461. The standard InChI is InChI=1S/C20H15IN4O/c1-13-5-4-6-15(19(13)21)20(26)24-14-9-10-18(22-11-14)25-12-23-16-7-2-3-8-17(16)25/h2-12H,1H3,(H,24,26). The zero-order valence-corrected chi connectivity index (χ0v) is 16.1. The molecule has 0 aliphatic rings. The number of pyridine rings is 1. The zero-order valence-electron chi connectivity index (χ0n) is 14.0. The number of rotatable bonds is 3. The summed E-state index contributed by atoms with van der Waals surface area (Å²) in [5.41, 5.74) is 4.31. The number of benzene rings is 2. The third-order valence-corrected chi connectivity index (χ3v) is 5.57. The first-order chi connectivity index (χ1) is 12.6. The van der Waals surface area contributed by atoms with E-state index in [1.54, 1.807) is 12.5 Å². The van der Waals surface area contributed by atoms with Crippen molar-refractivity contribution in [1.29, 1.82) is 0 Å². The highest BCUT2D eigenvalue weighted by atomic mass is 127. The van der Waals surface area contributed by atoms with Gasteiger partial charge in [0.25, 0.3) is 5.91 Å². The van der Waals surface area contributed by atoms with Crippen LogP contribution < -0.4 is 5.32 Å². The summed E-state index contributed by atoms with van der Waals surface area (Å²) in [6.45, 7) is 1.99. The number of para-hydroxylation sites is 2. The van der Waals surface area contributed by atoms with Gasteiger partial charge in [-0.15, -0.1) is 0 Å². The summed E-state index contributed by atoms with van der Waals surface area (Å²) in [5, 5.41) is 2.90. The monoisotopic (exact) mass is 454 g/mol. The molecule has 2 aromatic carbocycles. The molecule has 1 amide bonds. The van der Waals surface area contributed by atoms with Gasteiger partial charge in [-0.1, -0.05) is 24.3 Å². The van der Waals surface area contributed by atoms with Gasteiger partial charge in [0.2, 0.25) is 0 Å². The number of nitrogens with zero attached hydrogens (tertiary/aromatic N) is 3. The SMILES string of the molecule is Cc1cccc(C(=O)Nc2ccc(-n3cnc4ccccc43)nc2)c1I. The summed E-state index contributed by atoms with van der Waals surface area (Å²) >= 11 is 2.20. The van der Waals surface area contributed by atoms with Gasteiger partial charge in [-0.05, 0) is 65.4 Å². The van der Waals surface area contributed by atoms with Crippen LogP contribution in [0.25, 0.3) is 16.9 Å². The second kappa shape index (κ2) is 6.87. The molecule has 4 rings (SSSR count). The van der Waals surface area contributed by atoms with Crippen molar-refractivity contribution in [2.75, 3.05) is 5.32 Å². The Morgan fingerprint density at radius 2 is 1.88 bits per heavy atom. The molecule has 6 heteroatoms. The second-order valence-electron chi connectivity index (χ2n) is 5.90. The van der Waals surface area contributed by atoms with Crippen LogP contribution in [0.15, 0.2) is 67.1 Å². The van der Waals surface area contributed by atoms with Crippen LogP contribution >= 0.6 is 22.6 Å². The Morgan fingerprint density at radius 3 is 2.69 bits per heavy atom. The Hall–Kier alpha value is -2.74. The normalized spacial score (nSPS) is 10.8. The van der Waals surface area contributed by atoms with Gasteiger partial charge in [-0.2, -0.15) is 0 Å². The summed E-state index contributed by atoms with van der Waals surface area (Å²) < 4.78 is 2.88. The van der Waals surface area contributed by atoms with Crippen molar-refractivity contribution in [2.24, 2.45) is 0 Å². The molecule has 128 valence electrons. The molecule has 0 bridgehead atoms. The van der Waals surface area contributed by atoms with E-state index >= 15 is 0 Å². The van der Waals surface area contributed by atoms with Crippen LogP contribution in [0.4, 0.5) is 5.69 Å². The van der Waals surface area contributed by atoms with Crippen molar-refractivity contribution in [3.63, 3.8) is 0 Å². The molecule has 2 heterocycles. The number of carbonyl (C=O) groups is 1. The van der Waals surface area contributed by atoms with Crippen molar-refractivity contribution in [3.8, 4) is 5.82 Å². The predicted octanol–water partition coefficient (Wildman–Crippen LogP) is 4.59. The Labute approximate surface area is 164 Å². The molecule has 0 unspecified atom stereocenters. The van der Waals surface area contributed by atoms with E-state index in [4.69, 9.17) is 0 Å². The molecule has 0 aliphatic heterocycles. The number of aryl methyl sites for hydroxylation is 1. The van der Waals surface area contributed by atoms with E-state index in [2.05, 4.69) is 37.9 Å². The zero-order chi connectivity index (χ0) is 18.1. The maximum Gasteiger partial charge on any atom is 0.256 e. The number of anilines is 1. The minimum Gasteiger partial charge on any atom is -0.321 e. The van der Waals surface area contributed by atoms with Crippen LogP contribution in [-0.4, -0.2) is 20.4 Å². The summed E-state index contributed by atoms with van der Waals surface area (Å²) in [5.74, 6) is 0.613. The lowest BCUT2D eigenvalue weighted by Crippen LogP contribution is -2.14. The smallest absolute Gasteiger partial charge is 0.256 e. The van der Waals surface area contributed by atoms with Crippen LogP contribution in [-0.2, 0) is 0 Å². The second-order valence-corrected chi connectivity index (χ2v) is 6.98. The molecule has 0 saturated carbocycles. The van der Waals surface area contributed by atoms with Gasteiger partial charge in [0.05, 0.1) is 28.5 Å². The topological polar surface area (TPSA) is 59.8 Å². The lowest BCUT2D eigenvalue weighted by Gasteiger charge is -2.09. The first kappa shape index (κ1) is 16.7. The van der Waals surface area contributed by atoms with Crippen molar-refractivity contribution in [1.82, 2.24) is 14.5 Å². The minimum absolute atomic E-state index is 0.138. The van der Waals surface area contributed by atoms with Crippen LogP contribution in [0.2, 0.25) is 0 Å². The van der Waals surface area contributed by atoms with Gasteiger partial charge in [0.1, 0.15) is 12.1 Å². The maximum absolute atomic E-state index is 12.5. The fraction of sp³-hybridized carbons (Fsp3) is 0.0500. The van der Waals surface area contributed by atoms with Crippen LogP contribution in [0.5, 0.6) is 0 Å². The lowest BCUT2D eigenvalue weighted by atomic mass is 10.1. The maximum atomic E-state index is 12.5. The lowest BCUT2D eigenvalue weighted by molar-refractivity contribution is 0.102. The van der Waals surface area contributed by atoms with Gasteiger partial charge in [-0.25, -0.2) is 9.97 Å². The Bertz CT molecular complexity index is 1100. The number of carbonyl (C=O) groups excluding carboxylic acids is 1. The van der Waals surface area contributed by atoms with E-state index in [9.17, 15) is 4.79 Å². The number of hydrogen-bond acceptors (Lipinski definition) is 3. The molecule has 1 N–H and O–H groups in total. The Morgan fingerprint density at radius 1 is 1.04 bits per heavy atom. The van der Waals surface area contributed by atoms with Crippen molar-refractivity contribution < 1.29 is 4.79 Å². The van der Waals surface area contributed by atoms with E-state index in [-0.39, 0.29) is 5.91 Å². The van der Waals surface area contributed by atoms with Crippen molar-refractivity contribution >= 4 is 45.2 Å². The van der Waals surface area contributed by atoms with Gasteiger partial charge in [-0.3, -0.25) is 9.36 Å². The van der Waals surface area contributed by atoms with Crippen LogP contribution in [0, 0.1) is 10.5 Å². The minimum atomic E-state index is -0.138. The van der Waals surface area contributed by atoms with E-state index in [1.165, 1.54) is 0 Å². The molecule has 5 nitrogen and oxygen atoms in total. The van der Waals surface area contributed by atoms with Crippen LogP contribution in [0.3, 0.4) is 0 Å². The highest BCUT2D eigenvalue weighted by molar-refractivity contribution is 14.1. The first-order valence-corrected chi connectivity index (χ1v) is 9.16. The number of amides is 1. The van der Waals surface area contributed by atoms with Gasteiger partial charge >= 0.3 is 0 Å². The summed E-state index contributed by atoms with van der Waals surface area (Å²) in [6, 6.07) is 17.3. The van der Waals surface area contributed by atoms with E-state index in [0.717, 1.165) is 26.0 Å². The highest BCUT2D eigenvalue weighted by Crippen LogP contribution is 2.20. The summed E-state index contributed by atoms with van der Waals surface area (Å²) in [6.07, 6.45) is 3.41. The molecule has 0 spiro atoms. The van der Waals surface area contributed by atoms with Gasteiger partial charge < -0.3 is 5.32 Å². The average molecular weight is 454 g/mol. The molecule has 2 aromatic heterocycles. The molecule has 0 atom stereocenters. The average Bonchev–Trinajstić information content (AvgIpc) is 3.09. The third-order valence-electron chi connectivity index (χ3n) is 4.14. The Kier molecular flexibility index (Phi) is 4.42. The van der Waals surface area contributed by atoms with E-state index in [0.29, 0.717) is 11.3 Å². The van der Waals surface area contributed by atoms with E-state index < -0.39 is 0 Å². The molecule has 0 fully saturated rings. The van der Waals surface area contributed by atoms with Crippen molar-refractivity contribution in [2.45, 2.75) is 6.92 Å². The molecule has 4 aromatic rings. The largest absolute Gasteiger partial charge is 0.321 e.